The maximum absolute atomic E-state index is 14.6. The maximum atomic E-state index is 14.6. The lowest BCUT2D eigenvalue weighted by Gasteiger charge is -2.56. The number of β-lactam (4-membered cyclic amide) rings is 1. The fourth-order valence-electron chi connectivity index (χ4n) is 6.66. The molecule has 0 aliphatic carbocycles. The van der Waals surface area contributed by atoms with Gasteiger partial charge in [0, 0.05) is 17.9 Å². The van der Waals surface area contributed by atoms with E-state index in [9.17, 15) is 24.3 Å². The van der Waals surface area contributed by atoms with Crippen molar-refractivity contribution in [1.29, 1.82) is 0 Å². The molecule has 3 heterocycles. The highest BCUT2D eigenvalue weighted by Gasteiger charge is 2.68. The normalized spacial score (nSPS) is 18.4. The fraction of sp³-hybridized carbons (Fsp3) is 0.244. The summed E-state index contributed by atoms with van der Waals surface area (Å²) >= 11 is 1.19. The number of hydrogen-bond acceptors (Lipinski definition) is 14. The van der Waals surface area contributed by atoms with Gasteiger partial charge in [0.2, 0.25) is 11.1 Å². The van der Waals surface area contributed by atoms with Crippen LogP contribution in [0.3, 0.4) is 0 Å². The second-order valence-corrected chi connectivity index (χ2v) is 14.5. The lowest BCUT2D eigenvalue weighted by Crippen LogP contribution is -2.83. The molecule has 2 amide bonds. The molecule has 0 radical (unpaired) electrons. The van der Waals surface area contributed by atoms with Crippen LogP contribution in [-0.2, 0) is 44.7 Å². The molecule has 298 valence electrons. The molecule has 2 aliphatic heterocycles. The van der Waals surface area contributed by atoms with Gasteiger partial charge in [-0.1, -0.05) is 96.7 Å². The topological polar surface area (TPSA) is 204 Å². The molecule has 1 aromatic heterocycles. The zero-order valence-corrected chi connectivity index (χ0v) is 32.3. The summed E-state index contributed by atoms with van der Waals surface area (Å²) < 4.78 is 29.0. The van der Waals surface area contributed by atoms with Crippen molar-refractivity contribution in [3.05, 3.63) is 143 Å². The summed E-state index contributed by atoms with van der Waals surface area (Å²) in [6.07, 6.45) is -2.23. The minimum absolute atomic E-state index is 0.0981. The van der Waals surface area contributed by atoms with Crippen LogP contribution >= 0.6 is 11.8 Å². The number of tetrazole rings is 1. The minimum atomic E-state index is -2.18. The van der Waals surface area contributed by atoms with Crippen molar-refractivity contribution in [2.45, 2.75) is 47.9 Å². The van der Waals surface area contributed by atoms with Gasteiger partial charge in [-0.2, -0.15) is 0 Å². The van der Waals surface area contributed by atoms with Crippen LogP contribution in [0.4, 0.5) is 0 Å². The summed E-state index contributed by atoms with van der Waals surface area (Å²) in [6, 6.07) is 30.5. The molecule has 3 unspecified atom stereocenters. The van der Waals surface area contributed by atoms with Crippen molar-refractivity contribution in [1.82, 2.24) is 30.8 Å². The Hall–Kier alpha value is -6.56. The number of phenols is 1. The Labute approximate surface area is 336 Å². The Bertz CT molecular complexity index is 2240. The standard InChI is InChI=1S/C41H38N6O10S/c1-24(58-40-43-45-46-44-40)31-23-56-39-41(54-3,38(52)47(39)33(31)37(51)57-34(27-10-6-4-7-11-27)28-12-8-5-9-13-28)42-35(49)32(26-16-18-29(48)19-17-26)36(50)55-22-25-14-20-30(53-2)21-15-25/h4-21,24,32,34,39,48H,22-23H2,1-3H3,(H,42,49)(H,43,44,45,46)/t24?,32?,39?,41-/m0/s1. The average molecular weight is 807 g/mol. The highest BCUT2D eigenvalue weighted by atomic mass is 32.2. The van der Waals surface area contributed by atoms with E-state index >= 15 is 0 Å². The SMILES string of the molecule is COc1ccc(COC(=O)C(C(=O)N[C@]2(OC)C(=O)N3C(C(=O)OC(c4ccccc4)c4ccccc4)=C(C(C)Sc4nnn[nH]4)COC32)c2ccc(O)cc2)cc1. The van der Waals surface area contributed by atoms with Crippen LogP contribution in [0.5, 0.6) is 11.5 Å². The maximum Gasteiger partial charge on any atom is 0.356 e. The molecule has 1 saturated heterocycles. The Balaban J connectivity index is 1.19. The zero-order valence-electron chi connectivity index (χ0n) is 31.4. The number of nitrogens with zero attached hydrogens (tertiary/aromatic N) is 4. The number of hydrogen-bond donors (Lipinski definition) is 3. The van der Waals surface area contributed by atoms with Gasteiger partial charge in [-0.05, 0) is 63.9 Å². The largest absolute Gasteiger partial charge is 0.508 e. The molecule has 7 rings (SSSR count). The van der Waals surface area contributed by atoms with Gasteiger partial charge in [-0.25, -0.2) is 9.89 Å². The number of carbonyl (C=O) groups is 4. The Morgan fingerprint density at radius 1 is 0.948 bits per heavy atom. The number of amides is 2. The van der Waals surface area contributed by atoms with Gasteiger partial charge in [-0.15, -0.1) is 5.10 Å². The van der Waals surface area contributed by atoms with E-state index in [4.69, 9.17) is 23.7 Å². The van der Waals surface area contributed by atoms with Crippen molar-refractivity contribution in [2.75, 3.05) is 20.8 Å². The third-order valence-corrected chi connectivity index (χ3v) is 10.7. The molecule has 0 bridgehead atoms. The molecule has 5 aromatic rings. The summed E-state index contributed by atoms with van der Waals surface area (Å²) in [5, 5.41) is 26.3. The summed E-state index contributed by atoms with van der Waals surface area (Å²) in [5.74, 6) is -4.70. The lowest BCUT2D eigenvalue weighted by molar-refractivity contribution is -0.258. The number of carbonyl (C=O) groups excluding carboxylic acids is 4. The fourth-order valence-corrected chi connectivity index (χ4v) is 7.50. The lowest BCUT2D eigenvalue weighted by atomic mass is 9.91. The van der Waals surface area contributed by atoms with Gasteiger partial charge in [0.1, 0.15) is 23.8 Å². The van der Waals surface area contributed by atoms with Crippen LogP contribution in [0.2, 0.25) is 0 Å². The number of fused-ring (bicyclic) bond motifs is 1. The molecule has 4 aromatic carbocycles. The number of esters is 2. The van der Waals surface area contributed by atoms with E-state index in [1.54, 1.807) is 31.2 Å². The quantitative estimate of drug-likeness (QED) is 0.0447. The van der Waals surface area contributed by atoms with Crippen LogP contribution in [0.25, 0.3) is 0 Å². The summed E-state index contributed by atoms with van der Waals surface area (Å²) in [6.45, 7) is 1.42. The number of H-pyrrole nitrogens is 1. The number of aromatic amines is 1. The highest BCUT2D eigenvalue weighted by molar-refractivity contribution is 7.99. The molecule has 0 spiro atoms. The Kier molecular flexibility index (Phi) is 11.8. The Morgan fingerprint density at radius 2 is 1.60 bits per heavy atom. The number of thioether (sulfide) groups is 1. The van der Waals surface area contributed by atoms with Crippen molar-refractivity contribution < 1.29 is 48.0 Å². The molecule has 1 fully saturated rings. The molecular weight excluding hydrogens is 769 g/mol. The number of ether oxygens (including phenoxy) is 5. The molecule has 0 saturated carbocycles. The highest BCUT2D eigenvalue weighted by Crippen LogP contribution is 2.44. The summed E-state index contributed by atoms with van der Waals surface area (Å²) in [7, 11) is 2.73. The first-order valence-electron chi connectivity index (χ1n) is 18.0. The van der Waals surface area contributed by atoms with Crippen molar-refractivity contribution in [2.24, 2.45) is 0 Å². The average Bonchev–Trinajstić information content (AvgIpc) is 3.77. The predicted molar refractivity (Wildman–Crippen MR) is 205 cm³/mol. The van der Waals surface area contributed by atoms with Gasteiger partial charge in [-0.3, -0.25) is 19.3 Å². The van der Waals surface area contributed by atoms with Gasteiger partial charge in [0.15, 0.2) is 18.2 Å². The number of aromatic hydroxyl groups is 1. The monoisotopic (exact) mass is 806 g/mol. The molecule has 58 heavy (non-hydrogen) atoms. The van der Waals surface area contributed by atoms with E-state index in [-0.39, 0.29) is 30.2 Å². The van der Waals surface area contributed by atoms with Gasteiger partial charge in [0.25, 0.3) is 11.6 Å². The number of aromatic nitrogens is 4. The van der Waals surface area contributed by atoms with E-state index < -0.39 is 53.0 Å². The summed E-state index contributed by atoms with van der Waals surface area (Å²) in [4.78, 5) is 58.1. The van der Waals surface area contributed by atoms with Gasteiger partial charge in [0.05, 0.1) is 13.7 Å². The number of rotatable bonds is 15. The van der Waals surface area contributed by atoms with E-state index in [0.717, 1.165) is 4.90 Å². The second-order valence-electron chi connectivity index (χ2n) is 13.2. The summed E-state index contributed by atoms with van der Waals surface area (Å²) in [5.41, 5.74) is 0.275. The van der Waals surface area contributed by atoms with E-state index in [0.29, 0.717) is 33.2 Å². The predicted octanol–water partition coefficient (Wildman–Crippen LogP) is 4.17. The first-order chi connectivity index (χ1) is 28.1. The third kappa shape index (κ3) is 8.00. The molecule has 3 N–H and O–H groups in total. The minimum Gasteiger partial charge on any atom is -0.508 e. The van der Waals surface area contributed by atoms with Gasteiger partial charge < -0.3 is 34.1 Å². The first-order valence-corrected chi connectivity index (χ1v) is 18.9. The number of phenolic OH excluding ortho intramolecular Hbond substituents is 1. The van der Waals surface area contributed by atoms with Crippen molar-refractivity contribution >= 4 is 35.5 Å². The number of benzene rings is 4. The Morgan fingerprint density at radius 3 is 2.19 bits per heavy atom. The van der Waals surface area contributed by atoms with Crippen molar-refractivity contribution in [3.8, 4) is 11.5 Å². The molecule has 16 nitrogen and oxygen atoms in total. The molecule has 17 heteroatoms. The molecular formula is C41H38N6O10S. The van der Waals surface area contributed by atoms with Crippen LogP contribution in [0, 0.1) is 0 Å². The van der Waals surface area contributed by atoms with Crippen LogP contribution in [-0.4, -0.2) is 92.4 Å². The second kappa shape index (κ2) is 17.3. The van der Waals surface area contributed by atoms with Crippen LogP contribution < -0.4 is 10.1 Å². The van der Waals surface area contributed by atoms with E-state index in [1.165, 1.54) is 50.2 Å². The van der Waals surface area contributed by atoms with E-state index in [1.807, 2.05) is 60.7 Å². The third-order valence-electron chi connectivity index (χ3n) is 9.68. The van der Waals surface area contributed by atoms with E-state index in [2.05, 4.69) is 25.9 Å². The first kappa shape index (κ1) is 39.7. The molecule has 2 aliphatic rings. The smallest absolute Gasteiger partial charge is 0.356 e. The van der Waals surface area contributed by atoms with Crippen LogP contribution in [0.15, 0.2) is 126 Å². The molecule has 4 atom stereocenters. The van der Waals surface area contributed by atoms with Crippen LogP contribution in [0.1, 0.15) is 41.2 Å². The number of nitrogens with one attached hydrogen (secondary N) is 2. The van der Waals surface area contributed by atoms with Gasteiger partial charge >= 0.3 is 11.9 Å². The zero-order chi connectivity index (χ0) is 40.8. The van der Waals surface area contributed by atoms with Crippen molar-refractivity contribution in [3.63, 3.8) is 0 Å². The number of methoxy groups -OCH3 is 2.